The van der Waals surface area contributed by atoms with Gasteiger partial charge in [0.1, 0.15) is 11.6 Å². The SMILES string of the molecule is O=C(c1cccc(-c2ccco2)c1)N1CCc2nc(-c3cn[nH]c3)[nH]c2C1. The van der Waals surface area contributed by atoms with E-state index in [0.29, 0.717) is 18.7 Å². The van der Waals surface area contributed by atoms with Crippen molar-refractivity contribution < 1.29 is 9.21 Å². The molecule has 7 heteroatoms. The van der Waals surface area contributed by atoms with Gasteiger partial charge in [0.25, 0.3) is 5.91 Å². The van der Waals surface area contributed by atoms with Crippen molar-refractivity contribution >= 4 is 5.91 Å². The van der Waals surface area contributed by atoms with Crippen LogP contribution in [-0.2, 0) is 13.0 Å². The number of imidazole rings is 1. The maximum absolute atomic E-state index is 13.0. The van der Waals surface area contributed by atoms with E-state index >= 15 is 0 Å². The standard InChI is InChI=1S/C20H17N5O2/c26-20(14-4-1-3-13(9-14)18-5-2-8-27-18)25-7-6-16-17(12-25)24-19(23-16)15-10-21-22-11-15/h1-5,8-11H,6-7,12H2,(H,21,22)(H,23,24). The molecule has 0 spiro atoms. The highest BCUT2D eigenvalue weighted by molar-refractivity contribution is 5.95. The molecule has 3 aromatic heterocycles. The Morgan fingerprint density at radius 1 is 1.19 bits per heavy atom. The minimum absolute atomic E-state index is 0.00789. The first-order valence-electron chi connectivity index (χ1n) is 8.78. The van der Waals surface area contributed by atoms with Crippen LogP contribution in [0.3, 0.4) is 0 Å². The molecule has 4 heterocycles. The average molecular weight is 359 g/mol. The summed E-state index contributed by atoms with van der Waals surface area (Å²) in [4.78, 5) is 22.8. The number of amides is 1. The third-order valence-electron chi connectivity index (χ3n) is 4.81. The Labute approximate surface area is 155 Å². The van der Waals surface area contributed by atoms with Gasteiger partial charge in [0, 0.05) is 30.3 Å². The van der Waals surface area contributed by atoms with Crippen molar-refractivity contribution in [3.8, 4) is 22.7 Å². The molecule has 1 aromatic carbocycles. The number of aromatic nitrogens is 4. The Bertz CT molecular complexity index is 1080. The largest absolute Gasteiger partial charge is 0.464 e. The van der Waals surface area contributed by atoms with Crippen molar-refractivity contribution in [1.29, 1.82) is 0 Å². The Morgan fingerprint density at radius 2 is 2.15 bits per heavy atom. The Kier molecular flexibility index (Phi) is 3.64. The third kappa shape index (κ3) is 2.83. The molecule has 7 nitrogen and oxygen atoms in total. The highest BCUT2D eigenvalue weighted by Crippen LogP contribution is 2.25. The van der Waals surface area contributed by atoms with Gasteiger partial charge in [-0.05, 0) is 24.3 Å². The van der Waals surface area contributed by atoms with Crippen LogP contribution in [0.4, 0.5) is 0 Å². The summed E-state index contributed by atoms with van der Waals surface area (Å²) in [5.41, 5.74) is 4.45. The molecule has 134 valence electrons. The monoisotopic (exact) mass is 359 g/mol. The summed E-state index contributed by atoms with van der Waals surface area (Å²) in [5, 5.41) is 6.75. The van der Waals surface area contributed by atoms with Crippen molar-refractivity contribution in [3.63, 3.8) is 0 Å². The number of H-pyrrole nitrogens is 2. The molecule has 0 aliphatic carbocycles. The van der Waals surface area contributed by atoms with Gasteiger partial charge in [0.2, 0.25) is 0 Å². The van der Waals surface area contributed by atoms with E-state index in [4.69, 9.17) is 4.42 Å². The maximum Gasteiger partial charge on any atom is 0.254 e. The first-order valence-corrected chi connectivity index (χ1v) is 8.78. The molecule has 27 heavy (non-hydrogen) atoms. The number of nitrogens with zero attached hydrogens (tertiary/aromatic N) is 3. The lowest BCUT2D eigenvalue weighted by Crippen LogP contribution is -2.36. The first kappa shape index (κ1) is 15.6. The van der Waals surface area contributed by atoms with Crippen molar-refractivity contribution in [2.45, 2.75) is 13.0 Å². The molecule has 0 saturated heterocycles. The number of nitrogens with one attached hydrogen (secondary N) is 2. The molecule has 1 aliphatic heterocycles. The van der Waals surface area contributed by atoms with Crippen molar-refractivity contribution in [2.75, 3.05) is 6.54 Å². The number of fused-ring (bicyclic) bond motifs is 1. The topological polar surface area (TPSA) is 90.8 Å². The first-order chi connectivity index (χ1) is 13.3. The zero-order valence-electron chi connectivity index (χ0n) is 14.5. The maximum atomic E-state index is 13.0. The van der Waals surface area contributed by atoms with Crippen LogP contribution in [0.2, 0.25) is 0 Å². The highest BCUT2D eigenvalue weighted by atomic mass is 16.3. The molecule has 0 radical (unpaired) electrons. The quantitative estimate of drug-likeness (QED) is 0.587. The van der Waals surface area contributed by atoms with Crippen molar-refractivity contribution in [1.82, 2.24) is 25.1 Å². The summed E-state index contributed by atoms with van der Waals surface area (Å²) in [7, 11) is 0. The van der Waals surface area contributed by atoms with E-state index < -0.39 is 0 Å². The van der Waals surface area contributed by atoms with E-state index in [0.717, 1.165) is 40.5 Å². The average Bonchev–Trinajstić information content (AvgIpc) is 3.48. The zero-order chi connectivity index (χ0) is 18.2. The van der Waals surface area contributed by atoms with Gasteiger partial charge in [-0.25, -0.2) is 4.98 Å². The van der Waals surface area contributed by atoms with Gasteiger partial charge in [-0.2, -0.15) is 5.10 Å². The number of carbonyl (C=O) groups excluding carboxylic acids is 1. The van der Waals surface area contributed by atoms with E-state index in [2.05, 4.69) is 20.2 Å². The fraction of sp³-hybridized carbons (Fsp3) is 0.150. The number of rotatable bonds is 3. The predicted molar refractivity (Wildman–Crippen MR) is 98.8 cm³/mol. The number of carbonyl (C=O) groups is 1. The number of benzene rings is 1. The molecule has 0 atom stereocenters. The van der Waals surface area contributed by atoms with Crippen LogP contribution in [0, 0.1) is 0 Å². The van der Waals surface area contributed by atoms with Gasteiger partial charge >= 0.3 is 0 Å². The van der Waals surface area contributed by atoms with E-state index in [1.165, 1.54) is 0 Å². The van der Waals surface area contributed by atoms with E-state index in [1.807, 2.05) is 41.3 Å². The zero-order valence-corrected chi connectivity index (χ0v) is 14.5. The molecule has 4 aromatic rings. The molecule has 0 bridgehead atoms. The minimum Gasteiger partial charge on any atom is -0.464 e. The van der Waals surface area contributed by atoms with Crippen LogP contribution in [0.25, 0.3) is 22.7 Å². The second-order valence-electron chi connectivity index (χ2n) is 6.53. The third-order valence-corrected chi connectivity index (χ3v) is 4.81. The molecular weight excluding hydrogens is 342 g/mol. The van der Waals surface area contributed by atoms with Gasteiger partial charge in [0.15, 0.2) is 0 Å². The molecule has 2 N–H and O–H groups in total. The van der Waals surface area contributed by atoms with Gasteiger partial charge in [0.05, 0.1) is 36.0 Å². The normalized spacial score (nSPS) is 13.6. The molecule has 0 saturated carbocycles. The van der Waals surface area contributed by atoms with Crippen LogP contribution in [0.5, 0.6) is 0 Å². The fourth-order valence-corrected chi connectivity index (χ4v) is 3.42. The highest BCUT2D eigenvalue weighted by Gasteiger charge is 2.25. The lowest BCUT2D eigenvalue weighted by molar-refractivity contribution is 0.0732. The summed E-state index contributed by atoms with van der Waals surface area (Å²) in [6.07, 6.45) is 5.89. The summed E-state index contributed by atoms with van der Waals surface area (Å²) in [5.74, 6) is 1.54. The summed E-state index contributed by atoms with van der Waals surface area (Å²) < 4.78 is 5.44. The van der Waals surface area contributed by atoms with E-state index in [9.17, 15) is 4.79 Å². The summed E-state index contributed by atoms with van der Waals surface area (Å²) in [6, 6.07) is 11.3. The van der Waals surface area contributed by atoms with Crippen LogP contribution in [0.15, 0.2) is 59.5 Å². The van der Waals surface area contributed by atoms with E-state index in [1.54, 1.807) is 18.7 Å². The van der Waals surface area contributed by atoms with Gasteiger partial charge < -0.3 is 14.3 Å². The Hall–Kier alpha value is -3.61. The second-order valence-corrected chi connectivity index (χ2v) is 6.53. The number of hydrogen-bond donors (Lipinski definition) is 2. The molecule has 0 fully saturated rings. The minimum atomic E-state index is 0.00789. The Balaban J connectivity index is 1.39. The molecule has 5 rings (SSSR count). The number of hydrogen-bond acceptors (Lipinski definition) is 4. The summed E-state index contributed by atoms with van der Waals surface area (Å²) in [6.45, 7) is 1.16. The summed E-state index contributed by atoms with van der Waals surface area (Å²) >= 11 is 0. The van der Waals surface area contributed by atoms with Crippen LogP contribution >= 0.6 is 0 Å². The van der Waals surface area contributed by atoms with Crippen molar-refractivity contribution in [2.24, 2.45) is 0 Å². The molecular formula is C20H17N5O2. The number of furan rings is 1. The fourth-order valence-electron chi connectivity index (χ4n) is 3.42. The van der Waals surface area contributed by atoms with Crippen LogP contribution in [0.1, 0.15) is 21.7 Å². The lowest BCUT2D eigenvalue weighted by atomic mass is 10.1. The molecule has 1 amide bonds. The predicted octanol–water partition coefficient (Wildman–Crippen LogP) is 3.26. The molecule has 0 unspecified atom stereocenters. The molecule has 1 aliphatic rings. The lowest BCUT2D eigenvalue weighted by Gasteiger charge is -2.26. The van der Waals surface area contributed by atoms with E-state index in [-0.39, 0.29) is 5.91 Å². The van der Waals surface area contributed by atoms with Crippen LogP contribution in [-0.4, -0.2) is 37.5 Å². The van der Waals surface area contributed by atoms with Gasteiger partial charge in [-0.15, -0.1) is 0 Å². The van der Waals surface area contributed by atoms with Gasteiger partial charge in [-0.3, -0.25) is 9.89 Å². The Morgan fingerprint density at radius 3 is 2.96 bits per heavy atom. The van der Waals surface area contributed by atoms with Crippen LogP contribution < -0.4 is 0 Å². The second kappa shape index (κ2) is 6.28. The van der Waals surface area contributed by atoms with Gasteiger partial charge in [-0.1, -0.05) is 12.1 Å². The number of aromatic amines is 2. The van der Waals surface area contributed by atoms with Crippen molar-refractivity contribution in [3.05, 3.63) is 72.0 Å². The smallest absolute Gasteiger partial charge is 0.254 e.